The van der Waals surface area contributed by atoms with Crippen molar-refractivity contribution in [2.75, 3.05) is 6.61 Å². The molecule has 0 spiro atoms. The van der Waals surface area contributed by atoms with Crippen molar-refractivity contribution < 1.29 is 14.3 Å². The number of unbranched alkanes of at least 4 members (excludes halogenated alkanes) is 7. The van der Waals surface area contributed by atoms with Gasteiger partial charge in [-0.25, -0.2) is 0 Å². The average Bonchev–Trinajstić information content (AvgIpc) is 2.69. The summed E-state index contributed by atoms with van der Waals surface area (Å²) < 4.78 is 4.40. The molecule has 172 valence electrons. The van der Waals surface area contributed by atoms with Gasteiger partial charge in [-0.1, -0.05) is 121 Å². The Bertz CT molecular complexity index is 380. The SMILES string of the molecule is CC=O.CCCCCC.CCCCCCC.CCOC(C)=O.Cc1ccccc1. The number of ether oxygens (including phenoxy) is 1. The molecule has 1 rings (SSSR count). The van der Waals surface area contributed by atoms with Crippen LogP contribution in [0.3, 0.4) is 0 Å². The van der Waals surface area contributed by atoms with Crippen LogP contribution in [-0.2, 0) is 14.3 Å². The van der Waals surface area contributed by atoms with E-state index in [2.05, 4.69) is 51.5 Å². The monoisotopic (exact) mass is 410 g/mol. The zero-order chi connectivity index (χ0) is 23.2. The summed E-state index contributed by atoms with van der Waals surface area (Å²) in [5, 5.41) is 0. The first kappa shape index (κ1) is 34.8. The van der Waals surface area contributed by atoms with Crippen molar-refractivity contribution in [3.63, 3.8) is 0 Å². The van der Waals surface area contributed by atoms with Crippen LogP contribution in [0.5, 0.6) is 0 Å². The van der Waals surface area contributed by atoms with Gasteiger partial charge in [0.1, 0.15) is 6.29 Å². The third kappa shape index (κ3) is 58.4. The molecule has 3 heteroatoms. The lowest BCUT2D eigenvalue weighted by Crippen LogP contribution is -1.95. The quantitative estimate of drug-likeness (QED) is 0.246. The summed E-state index contributed by atoms with van der Waals surface area (Å²) in [4.78, 5) is 18.6. The zero-order valence-electron chi connectivity index (χ0n) is 20.8. The highest BCUT2D eigenvalue weighted by Gasteiger charge is 1.81. The number of rotatable bonds is 8. The molecule has 0 atom stereocenters. The van der Waals surface area contributed by atoms with E-state index in [0.717, 1.165) is 6.29 Å². The van der Waals surface area contributed by atoms with Gasteiger partial charge in [-0.3, -0.25) is 4.79 Å². The highest BCUT2D eigenvalue weighted by Crippen LogP contribution is 2.00. The largest absolute Gasteiger partial charge is 0.466 e. The van der Waals surface area contributed by atoms with Crippen LogP contribution in [0.25, 0.3) is 0 Å². The molecule has 1 aromatic carbocycles. The molecule has 0 unspecified atom stereocenters. The van der Waals surface area contributed by atoms with E-state index in [9.17, 15) is 4.79 Å². The molecule has 0 radical (unpaired) electrons. The maximum absolute atomic E-state index is 9.82. The molecule has 0 saturated heterocycles. The van der Waals surface area contributed by atoms with Crippen LogP contribution in [0.15, 0.2) is 30.3 Å². The lowest BCUT2D eigenvalue weighted by molar-refractivity contribution is -0.140. The number of hydrogen-bond acceptors (Lipinski definition) is 3. The van der Waals surface area contributed by atoms with Gasteiger partial charge in [0.25, 0.3) is 0 Å². The van der Waals surface area contributed by atoms with Crippen LogP contribution in [-0.4, -0.2) is 18.9 Å². The van der Waals surface area contributed by atoms with Gasteiger partial charge in [-0.05, 0) is 20.8 Å². The number of benzene rings is 1. The van der Waals surface area contributed by atoms with Crippen LogP contribution < -0.4 is 0 Å². The number of aryl methyl sites for hydroxylation is 1. The number of carbonyl (C=O) groups is 2. The normalized spacial score (nSPS) is 8.28. The van der Waals surface area contributed by atoms with Gasteiger partial charge in [0, 0.05) is 6.92 Å². The van der Waals surface area contributed by atoms with Gasteiger partial charge >= 0.3 is 5.97 Å². The summed E-state index contributed by atoms with van der Waals surface area (Å²) in [6.07, 6.45) is 13.3. The third-order valence-corrected chi connectivity index (χ3v) is 3.45. The Kier molecular flexibility index (Phi) is 44.6. The molecule has 1 aromatic rings. The fourth-order valence-electron chi connectivity index (χ4n) is 1.91. The fourth-order valence-corrected chi connectivity index (χ4v) is 1.91. The van der Waals surface area contributed by atoms with Crippen LogP contribution >= 0.6 is 0 Å². The van der Waals surface area contributed by atoms with E-state index in [4.69, 9.17) is 4.79 Å². The van der Waals surface area contributed by atoms with Crippen LogP contribution in [0.4, 0.5) is 0 Å². The Balaban J connectivity index is -0.000000138. The van der Waals surface area contributed by atoms with Crippen molar-refractivity contribution in [1.29, 1.82) is 0 Å². The molecule has 0 aromatic heterocycles. The van der Waals surface area contributed by atoms with Crippen LogP contribution in [0, 0.1) is 6.92 Å². The minimum Gasteiger partial charge on any atom is -0.466 e. The van der Waals surface area contributed by atoms with Gasteiger partial charge < -0.3 is 9.53 Å². The zero-order valence-corrected chi connectivity index (χ0v) is 20.8. The molecule has 0 aliphatic rings. The molecule has 0 N–H and O–H groups in total. The van der Waals surface area contributed by atoms with Gasteiger partial charge in [-0.15, -0.1) is 0 Å². The minimum atomic E-state index is -0.211. The molecule has 0 saturated carbocycles. The summed E-state index contributed by atoms with van der Waals surface area (Å²) in [6, 6.07) is 10.3. The molecule has 0 heterocycles. The van der Waals surface area contributed by atoms with E-state index in [1.54, 1.807) is 6.92 Å². The first-order valence-electron chi connectivity index (χ1n) is 11.5. The second-order valence-corrected chi connectivity index (χ2v) is 6.58. The van der Waals surface area contributed by atoms with E-state index in [1.807, 2.05) is 18.2 Å². The molecule has 3 nitrogen and oxygen atoms in total. The van der Waals surface area contributed by atoms with Crippen molar-refractivity contribution in [2.24, 2.45) is 0 Å². The van der Waals surface area contributed by atoms with Gasteiger partial charge in [0.05, 0.1) is 6.61 Å². The molecule has 0 amide bonds. The first-order valence-corrected chi connectivity index (χ1v) is 11.5. The Morgan fingerprint density at radius 3 is 1.31 bits per heavy atom. The third-order valence-electron chi connectivity index (χ3n) is 3.45. The first-order chi connectivity index (χ1) is 13.9. The second-order valence-electron chi connectivity index (χ2n) is 6.58. The predicted molar refractivity (Wildman–Crippen MR) is 129 cm³/mol. The van der Waals surface area contributed by atoms with Gasteiger partial charge in [0.15, 0.2) is 0 Å². The highest BCUT2D eigenvalue weighted by molar-refractivity contribution is 5.65. The van der Waals surface area contributed by atoms with E-state index in [0.29, 0.717) is 6.61 Å². The molecular formula is C26H50O3. The standard InChI is InChI=1S/C7H8.C7H16.C6H14.C4H8O2.C2H4O/c1-7-5-3-2-4-6-7;1-3-5-7-6-4-2;1-3-5-6-4-2;1-3-6-4(2)5;1-2-3/h2-6H,1H3;3-7H2,1-2H3;3-6H2,1-2H3;3H2,1-2H3;2H,1H3. The smallest absolute Gasteiger partial charge is 0.302 e. The van der Waals surface area contributed by atoms with Gasteiger partial charge in [0.2, 0.25) is 0 Å². The van der Waals surface area contributed by atoms with Gasteiger partial charge in [-0.2, -0.15) is 0 Å². The van der Waals surface area contributed by atoms with E-state index in [1.165, 1.54) is 77.2 Å². The maximum Gasteiger partial charge on any atom is 0.302 e. The van der Waals surface area contributed by atoms with Crippen molar-refractivity contribution >= 4 is 12.3 Å². The summed E-state index contributed by atoms with van der Waals surface area (Å²) >= 11 is 0. The predicted octanol–water partition coefficient (Wildman–Crippen LogP) is 8.33. The van der Waals surface area contributed by atoms with Crippen molar-refractivity contribution in [3.8, 4) is 0 Å². The fraction of sp³-hybridized carbons (Fsp3) is 0.692. The minimum absolute atomic E-state index is 0.211. The van der Waals surface area contributed by atoms with E-state index >= 15 is 0 Å². The van der Waals surface area contributed by atoms with Crippen molar-refractivity contribution in [3.05, 3.63) is 35.9 Å². The number of esters is 1. The molecule has 0 aliphatic carbocycles. The highest BCUT2D eigenvalue weighted by atomic mass is 16.5. The topological polar surface area (TPSA) is 43.4 Å². The summed E-state index contributed by atoms with van der Waals surface area (Å²) in [5.74, 6) is -0.211. The molecule has 0 bridgehead atoms. The average molecular weight is 411 g/mol. The summed E-state index contributed by atoms with van der Waals surface area (Å²) in [7, 11) is 0. The number of aldehydes is 1. The van der Waals surface area contributed by atoms with E-state index in [-0.39, 0.29) is 5.97 Å². The Hall–Kier alpha value is -1.64. The Labute approximate surface area is 182 Å². The van der Waals surface area contributed by atoms with E-state index < -0.39 is 0 Å². The Morgan fingerprint density at radius 1 is 0.793 bits per heavy atom. The maximum atomic E-state index is 9.82. The lowest BCUT2D eigenvalue weighted by atomic mass is 10.2. The van der Waals surface area contributed by atoms with Crippen LogP contribution in [0.2, 0.25) is 0 Å². The van der Waals surface area contributed by atoms with Crippen LogP contribution in [0.1, 0.15) is 112 Å². The molecular weight excluding hydrogens is 360 g/mol. The second kappa shape index (κ2) is 37.2. The lowest BCUT2D eigenvalue weighted by Gasteiger charge is -1.90. The summed E-state index contributed by atoms with van der Waals surface area (Å²) in [6.45, 7) is 16.1. The van der Waals surface area contributed by atoms with Crippen molar-refractivity contribution in [1.82, 2.24) is 0 Å². The van der Waals surface area contributed by atoms with Crippen molar-refractivity contribution in [2.45, 2.75) is 113 Å². The number of carbonyl (C=O) groups excluding carboxylic acids is 2. The molecule has 0 fully saturated rings. The number of hydrogen-bond donors (Lipinski definition) is 0. The Morgan fingerprint density at radius 2 is 1.14 bits per heavy atom. The molecule has 29 heavy (non-hydrogen) atoms. The molecule has 0 aliphatic heterocycles. The summed E-state index contributed by atoms with van der Waals surface area (Å²) in [5.41, 5.74) is 1.32.